The number of likely N-dealkylation sites (tertiary alicyclic amines) is 1. The number of nitrogens with zero attached hydrogens (tertiary/aromatic N) is 2. The zero-order valence-electron chi connectivity index (χ0n) is 15.7. The summed E-state index contributed by atoms with van der Waals surface area (Å²) < 4.78 is 0. The van der Waals surface area contributed by atoms with Gasteiger partial charge in [-0.2, -0.15) is 0 Å². The lowest BCUT2D eigenvalue weighted by Crippen LogP contribution is -2.51. The summed E-state index contributed by atoms with van der Waals surface area (Å²) >= 11 is 0. The summed E-state index contributed by atoms with van der Waals surface area (Å²) in [5, 5.41) is 2.76. The molecule has 0 saturated carbocycles. The molecule has 2 heterocycles. The number of hydrogen-bond donors (Lipinski definition) is 1. The highest BCUT2D eigenvalue weighted by Gasteiger charge is 2.44. The van der Waals surface area contributed by atoms with Crippen LogP contribution in [0.15, 0.2) is 24.3 Å². The number of benzene rings is 1. The number of amides is 3. The number of nitrogens with one attached hydrogen (secondary N) is 1. The highest BCUT2D eigenvalue weighted by molar-refractivity contribution is 6.10. The van der Waals surface area contributed by atoms with E-state index in [4.69, 9.17) is 0 Å². The molecule has 0 aromatic heterocycles. The van der Waals surface area contributed by atoms with Crippen LogP contribution < -0.4 is 10.2 Å². The smallest absolute Gasteiger partial charge is 0.244 e. The fraction of sp³-hybridized carbons (Fsp3) is 0.550. The van der Waals surface area contributed by atoms with Gasteiger partial charge in [0.05, 0.1) is 5.41 Å². The van der Waals surface area contributed by atoms with E-state index in [-0.39, 0.29) is 24.3 Å². The van der Waals surface area contributed by atoms with Crippen molar-refractivity contribution in [3.8, 4) is 0 Å². The van der Waals surface area contributed by atoms with Crippen LogP contribution in [0.4, 0.5) is 5.69 Å². The Balaban J connectivity index is 1.65. The lowest BCUT2D eigenvalue weighted by molar-refractivity contribution is -0.136. The third-order valence-corrected chi connectivity index (χ3v) is 5.37. The van der Waals surface area contributed by atoms with Gasteiger partial charge in [-0.25, -0.2) is 0 Å². The van der Waals surface area contributed by atoms with Gasteiger partial charge in [-0.05, 0) is 51.7 Å². The lowest BCUT2D eigenvalue weighted by Gasteiger charge is -2.29. The number of fused-ring (bicyclic) bond motifs is 1. The first-order valence-corrected chi connectivity index (χ1v) is 9.32. The minimum Gasteiger partial charge on any atom is -0.343 e. The van der Waals surface area contributed by atoms with Crippen molar-refractivity contribution in [2.45, 2.75) is 51.5 Å². The van der Waals surface area contributed by atoms with Crippen LogP contribution in [-0.2, 0) is 19.8 Å². The first-order valence-electron chi connectivity index (χ1n) is 9.32. The predicted molar refractivity (Wildman–Crippen MR) is 99.9 cm³/mol. The van der Waals surface area contributed by atoms with Gasteiger partial charge in [0.1, 0.15) is 12.6 Å². The fourth-order valence-electron chi connectivity index (χ4n) is 3.84. The molecule has 26 heavy (non-hydrogen) atoms. The van der Waals surface area contributed by atoms with E-state index < -0.39 is 11.5 Å². The Morgan fingerprint density at radius 2 is 1.81 bits per heavy atom. The topological polar surface area (TPSA) is 69.7 Å². The van der Waals surface area contributed by atoms with Gasteiger partial charge in [0.25, 0.3) is 0 Å². The molecule has 3 amide bonds. The lowest BCUT2D eigenvalue weighted by atomic mass is 9.86. The molecule has 1 fully saturated rings. The monoisotopic (exact) mass is 357 g/mol. The number of carbonyl (C=O) groups is 3. The quantitative estimate of drug-likeness (QED) is 0.894. The third-order valence-electron chi connectivity index (χ3n) is 5.37. The molecule has 3 rings (SSSR count). The number of para-hydroxylation sites is 1. The number of hydrogen-bond acceptors (Lipinski definition) is 3. The Labute approximate surface area is 154 Å². The molecule has 6 nitrogen and oxygen atoms in total. The molecule has 0 spiro atoms. The zero-order valence-corrected chi connectivity index (χ0v) is 15.7. The second-order valence-corrected chi connectivity index (χ2v) is 7.71. The molecule has 1 aromatic rings. The van der Waals surface area contributed by atoms with Crippen molar-refractivity contribution in [3.63, 3.8) is 0 Å². The van der Waals surface area contributed by atoms with Crippen LogP contribution in [0.1, 0.15) is 45.6 Å². The van der Waals surface area contributed by atoms with E-state index >= 15 is 0 Å². The van der Waals surface area contributed by atoms with E-state index in [9.17, 15) is 14.4 Å². The summed E-state index contributed by atoms with van der Waals surface area (Å²) in [6, 6.07) is 6.96. The normalized spacial score (nSPS) is 19.9. The Morgan fingerprint density at radius 1 is 1.15 bits per heavy atom. The van der Waals surface area contributed by atoms with Crippen LogP contribution in [-0.4, -0.2) is 48.3 Å². The minimum atomic E-state index is -0.647. The highest BCUT2D eigenvalue weighted by Crippen LogP contribution is 2.40. The van der Waals surface area contributed by atoms with Gasteiger partial charge < -0.3 is 15.1 Å². The molecule has 1 unspecified atom stereocenters. The second-order valence-electron chi connectivity index (χ2n) is 7.71. The highest BCUT2D eigenvalue weighted by atomic mass is 16.2. The fourth-order valence-corrected chi connectivity index (χ4v) is 3.84. The van der Waals surface area contributed by atoms with Crippen LogP contribution in [0.5, 0.6) is 0 Å². The average Bonchev–Trinajstić information content (AvgIpc) is 2.83. The zero-order chi connectivity index (χ0) is 18.9. The van der Waals surface area contributed by atoms with Gasteiger partial charge in [-0.15, -0.1) is 0 Å². The standard InChI is InChI=1S/C20H27N3O3/c1-14(18(25)22-11-7-4-8-12-22)21-17(24)13-23-16-10-6-5-9-15(16)20(2,3)19(23)26/h5-6,9-10,14H,4,7-8,11-13H2,1-3H3,(H,21,24). The van der Waals surface area contributed by atoms with Gasteiger partial charge in [-0.3, -0.25) is 14.4 Å². The van der Waals surface area contributed by atoms with Crippen molar-refractivity contribution in [1.82, 2.24) is 10.2 Å². The van der Waals surface area contributed by atoms with Crippen molar-refractivity contribution in [2.24, 2.45) is 0 Å². The molecular formula is C20H27N3O3. The maximum atomic E-state index is 12.8. The van der Waals surface area contributed by atoms with Crippen molar-refractivity contribution in [2.75, 3.05) is 24.5 Å². The molecule has 0 aliphatic carbocycles. The van der Waals surface area contributed by atoms with Crippen LogP contribution in [0.3, 0.4) is 0 Å². The van der Waals surface area contributed by atoms with Gasteiger partial charge in [0, 0.05) is 18.8 Å². The van der Waals surface area contributed by atoms with E-state index in [0.29, 0.717) is 0 Å². The third kappa shape index (κ3) is 3.32. The Hall–Kier alpha value is -2.37. The molecule has 1 atom stereocenters. The molecule has 1 saturated heterocycles. The summed E-state index contributed by atoms with van der Waals surface area (Å²) in [6.45, 7) is 6.88. The summed E-state index contributed by atoms with van der Waals surface area (Å²) in [5.41, 5.74) is 1.05. The van der Waals surface area contributed by atoms with Crippen molar-refractivity contribution in [3.05, 3.63) is 29.8 Å². The predicted octanol–water partition coefficient (Wildman–Crippen LogP) is 1.83. The minimum absolute atomic E-state index is 0.0495. The summed E-state index contributed by atoms with van der Waals surface area (Å²) in [4.78, 5) is 41.0. The first-order chi connectivity index (χ1) is 12.3. The van der Waals surface area contributed by atoms with Gasteiger partial charge in [-0.1, -0.05) is 18.2 Å². The second kappa shape index (κ2) is 7.09. The number of rotatable bonds is 4. The maximum Gasteiger partial charge on any atom is 0.244 e. The number of piperidine rings is 1. The summed E-state index contributed by atoms with van der Waals surface area (Å²) in [7, 11) is 0. The van der Waals surface area contributed by atoms with E-state index in [1.807, 2.05) is 43.0 Å². The van der Waals surface area contributed by atoms with Gasteiger partial charge >= 0.3 is 0 Å². The molecule has 0 radical (unpaired) electrons. The van der Waals surface area contributed by atoms with Gasteiger partial charge in [0.15, 0.2) is 0 Å². The van der Waals surface area contributed by atoms with Crippen molar-refractivity contribution in [1.29, 1.82) is 0 Å². The molecule has 1 aromatic carbocycles. The molecule has 6 heteroatoms. The Bertz CT molecular complexity index is 723. The summed E-state index contributed by atoms with van der Waals surface area (Å²) in [5.74, 6) is -0.459. The molecular weight excluding hydrogens is 330 g/mol. The Morgan fingerprint density at radius 3 is 2.50 bits per heavy atom. The van der Waals surface area contributed by atoms with E-state index in [2.05, 4.69) is 5.32 Å². The number of anilines is 1. The summed E-state index contributed by atoms with van der Waals surface area (Å²) in [6.07, 6.45) is 3.18. The van der Waals surface area contributed by atoms with Crippen molar-refractivity contribution < 1.29 is 14.4 Å². The van der Waals surface area contributed by atoms with Crippen molar-refractivity contribution >= 4 is 23.4 Å². The SMILES string of the molecule is CC(NC(=O)CN1C(=O)C(C)(C)c2ccccc21)C(=O)N1CCCCC1. The molecule has 140 valence electrons. The maximum absolute atomic E-state index is 12.8. The molecule has 2 aliphatic rings. The van der Waals surface area contributed by atoms with Crippen LogP contribution in [0, 0.1) is 0 Å². The van der Waals surface area contributed by atoms with E-state index in [1.54, 1.807) is 6.92 Å². The first kappa shape index (κ1) is 18.4. The molecule has 2 aliphatic heterocycles. The largest absolute Gasteiger partial charge is 0.343 e. The Kier molecular flexibility index (Phi) is 5.03. The molecule has 1 N–H and O–H groups in total. The van der Waals surface area contributed by atoms with Crippen LogP contribution in [0.25, 0.3) is 0 Å². The van der Waals surface area contributed by atoms with Crippen LogP contribution >= 0.6 is 0 Å². The van der Waals surface area contributed by atoms with Crippen LogP contribution in [0.2, 0.25) is 0 Å². The number of carbonyl (C=O) groups excluding carboxylic acids is 3. The van der Waals surface area contributed by atoms with E-state index in [0.717, 1.165) is 43.6 Å². The van der Waals surface area contributed by atoms with E-state index in [1.165, 1.54) is 4.90 Å². The average molecular weight is 357 g/mol. The van der Waals surface area contributed by atoms with Gasteiger partial charge in [0.2, 0.25) is 17.7 Å². The molecule has 0 bridgehead atoms.